The molecule has 0 spiro atoms. The minimum atomic E-state index is -1.22. The van der Waals surface area contributed by atoms with Gasteiger partial charge in [-0.2, -0.15) is 0 Å². The van der Waals surface area contributed by atoms with Gasteiger partial charge < -0.3 is 13.3 Å². The Hall–Kier alpha value is 0.314. The number of ether oxygens (including phenoxy) is 1. The van der Waals surface area contributed by atoms with Crippen molar-refractivity contribution in [2.75, 3.05) is 13.2 Å². The van der Waals surface area contributed by atoms with Crippen LogP contribution in [-0.4, -0.2) is 39.1 Å². The van der Waals surface area contributed by atoms with Crippen molar-refractivity contribution in [3.05, 3.63) is 0 Å². The molecule has 0 aromatic heterocycles. The molecule has 0 amide bonds. The van der Waals surface area contributed by atoms with Gasteiger partial charge in [-0.1, -0.05) is 0 Å². The van der Waals surface area contributed by atoms with E-state index >= 15 is 0 Å². The van der Waals surface area contributed by atoms with Gasteiger partial charge in [0.25, 0.3) is 0 Å². The van der Waals surface area contributed by atoms with Gasteiger partial charge in [0.1, 0.15) is 16.6 Å². The van der Waals surface area contributed by atoms with E-state index in [0.717, 1.165) is 23.7 Å². The van der Waals surface area contributed by atoms with Crippen LogP contribution in [0.4, 0.5) is 0 Å². The zero-order valence-corrected chi connectivity index (χ0v) is 8.95. The SMILES string of the molecule is C[SiH](O[SiH3])OCC1CO1. The van der Waals surface area contributed by atoms with Crippen molar-refractivity contribution < 1.29 is 13.3 Å². The maximum Gasteiger partial charge on any atom is 0.307 e. The van der Waals surface area contributed by atoms with Crippen molar-refractivity contribution in [2.24, 2.45) is 0 Å². The molecule has 1 aliphatic heterocycles. The highest BCUT2D eigenvalue weighted by Gasteiger charge is 2.23. The largest absolute Gasteiger partial charge is 0.447 e. The summed E-state index contributed by atoms with van der Waals surface area (Å²) in [7, 11) is -0.416. The van der Waals surface area contributed by atoms with Gasteiger partial charge in [0, 0.05) is 0 Å². The van der Waals surface area contributed by atoms with Crippen LogP contribution in [0.15, 0.2) is 0 Å². The smallest absolute Gasteiger partial charge is 0.307 e. The first-order valence-corrected chi connectivity index (χ1v) is 6.00. The first-order valence-electron chi connectivity index (χ1n) is 3.09. The Morgan fingerprint density at radius 1 is 1.89 bits per heavy atom. The van der Waals surface area contributed by atoms with E-state index in [4.69, 9.17) is 13.3 Å². The fourth-order valence-electron chi connectivity index (χ4n) is 0.475. The fraction of sp³-hybridized carbons (Fsp3) is 1.00. The van der Waals surface area contributed by atoms with Gasteiger partial charge >= 0.3 is 9.28 Å². The lowest BCUT2D eigenvalue weighted by Gasteiger charge is -2.06. The Labute approximate surface area is 59.7 Å². The average Bonchev–Trinajstić information content (AvgIpc) is 2.65. The van der Waals surface area contributed by atoms with E-state index in [1.165, 1.54) is 0 Å². The van der Waals surface area contributed by atoms with Crippen LogP contribution in [0.25, 0.3) is 0 Å². The summed E-state index contributed by atoms with van der Waals surface area (Å²) in [6.45, 7) is 3.66. The Balaban J connectivity index is 1.90. The van der Waals surface area contributed by atoms with Crippen molar-refractivity contribution >= 4 is 19.8 Å². The second kappa shape index (κ2) is 3.47. The molecule has 0 bridgehead atoms. The van der Waals surface area contributed by atoms with Gasteiger partial charge in [-0.05, 0) is 6.55 Å². The summed E-state index contributed by atoms with van der Waals surface area (Å²) in [4.78, 5) is 0. The quantitative estimate of drug-likeness (QED) is 0.376. The molecule has 0 N–H and O–H groups in total. The van der Waals surface area contributed by atoms with Crippen LogP contribution in [0, 0.1) is 0 Å². The van der Waals surface area contributed by atoms with Crippen LogP contribution in [0.5, 0.6) is 0 Å². The number of rotatable bonds is 4. The summed E-state index contributed by atoms with van der Waals surface area (Å²) >= 11 is 0. The molecule has 2 atom stereocenters. The third-order valence-electron chi connectivity index (χ3n) is 1.25. The van der Waals surface area contributed by atoms with Crippen LogP contribution in [0.2, 0.25) is 6.55 Å². The Morgan fingerprint density at radius 2 is 2.56 bits per heavy atom. The normalized spacial score (nSPS) is 28.3. The van der Waals surface area contributed by atoms with Crippen molar-refractivity contribution in [1.82, 2.24) is 0 Å². The second-order valence-electron chi connectivity index (χ2n) is 2.09. The van der Waals surface area contributed by atoms with Gasteiger partial charge in [0.15, 0.2) is 0 Å². The standard InChI is InChI=1S/C4H12O3Si2/c1-9(7-8)6-3-4-2-5-4/h4,9H,2-3H2,1,8H3. The summed E-state index contributed by atoms with van der Waals surface area (Å²) in [5.74, 6) is 0. The van der Waals surface area contributed by atoms with E-state index in [1.807, 2.05) is 6.55 Å². The lowest BCUT2D eigenvalue weighted by atomic mass is 10.5. The molecule has 1 fully saturated rings. The van der Waals surface area contributed by atoms with Crippen molar-refractivity contribution in [3.8, 4) is 0 Å². The zero-order chi connectivity index (χ0) is 6.69. The summed E-state index contributed by atoms with van der Waals surface area (Å²) in [6, 6.07) is 0. The van der Waals surface area contributed by atoms with Crippen LogP contribution < -0.4 is 0 Å². The Morgan fingerprint density at radius 3 is 3.00 bits per heavy atom. The summed E-state index contributed by atoms with van der Waals surface area (Å²) in [5, 5.41) is 0. The van der Waals surface area contributed by atoms with Gasteiger partial charge in [0.05, 0.1) is 13.2 Å². The van der Waals surface area contributed by atoms with Crippen molar-refractivity contribution in [3.63, 3.8) is 0 Å². The highest BCUT2D eigenvalue weighted by molar-refractivity contribution is 6.47. The highest BCUT2D eigenvalue weighted by Crippen LogP contribution is 2.08. The Kier molecular flexibility index (Phi) is 2.86. The van der Waals surface area contributed by atoms with E-state index in [0.29, 0.717) is 6.10 Å². The zero-order valence-electron chi connectivity index (χ0n) is 5.79. The molecular weight excluding hydrogens is 152 g/mol. The monoisotopic (exact) mass is 164 g/mol. The lowest BCUT2D eigenvalue weighted by molar-refractivity contribution is 0.236. The van der Waals surface area contributed by atoms with Gasteiger partial charge in [-0.15, -0.1) is 0 Å². The van der Waals surface area contributed by atoms with Crippen molar-refractivity contribution in [1.29, 1.82) is 0 Å². The molecule has 1 heterocycles. The van der Waals surface area contributed by atoms with E-state index in [1.54, 1.807) is 0 Å². The summed E-state index contributed by atoms with van der Waals surface area (Å²) < 4.78 is 15.4. The molecule has 0 aromatic carbocycles. The molecule has 5 heteroatoms. The highest BCUT2D eigenvalue weighted by atomic mass is 28.3. The van der Waals surface area contributed by atoms with Gasteiger partial charge in [-0.25, -0.2) is 0 Å². The molecule has 0 radical (unpaired) electrons. The van der Waals surface area contributed by atoms with Gasteiger partial charge in [-0.3, -0.25) is 0 Å². The molecule has 0 aliphatic carbocycles. The third kappa shape index (κ3) is 3.12. The molecule has 0 aromatic rings. The molecule has 54 valence electrons. The van der Waals surface area contributed by atoms with Crippen LogP contribution >= 0.6 is 0 Å². The van der Waals surface area contributed by atoms with Crippen LogP contribution in [0.3, 0.4) is 0 Å². The molecule has 1 rings (SSSR count). The minimum Gasteiger partial charge on any atom is -0.447 e. The van der Waals surface area contributed by atoms with E-state index in [2.05, 4.69) is 0 Å². The van der Waals surface area contributed by atoms with Crippen LogP contribution in [0.1, 0.15) is 0 Å². The van der Waals surface area contributed by atoms with Crippen LogP contribution in [-0.2, 0) is 13.3 Å². The molecule has 2 unspecified atom stereocenters. The average molecular weight is 164 g/mol. The molecule has 9 heavy (non-hydrogen) atoms. The molecule has 1 saturated heterocycles. The van der Waals surface area contributed by atoms with E-state index in [9.17, 15) is 0 Å². The van der Waals surface area contributed by atoms with Crippen molar-refractivity contribution in [2.45, 2.75) is 12.7 Å². The first-order chi connectivity index (χ1) is 4.33. The number of hydrogen-bond donors (Lipinski definition) is 0. The molecule has 0 saturated carbocycles. The number of hydrogen-bond acceptors (Lipinski definition) is 3. The minimum absolute atomic E-state index is 0.386. The van der Waals surface area contributed by atoms with E-state index in [-0.39, 0.29) is 0 Å². The Bertz CT molecular complexity index is 85.9. The van der Waals surface area contributed by atoms with Gasteiger partial charge in [0.2, 0.25) is 0 Å². The lowest BCUT2D eigenvalue weighted by Crippen LogP contribution is -2.19. The summed E-state index contributed by atoms with van der Waals surface area (Å²) in [6.07, 6.45) is 0.386. The predicted octanol–water partition coefficient (Wildman–Crippen LogP) is -1.45. The summed E-state index contributed by atoms with van der Waals surface area (Å²) in [5.41, 5.74) is 0. The molecular formula is C4H12O3Si2. The second-order valence-corrected chi connectivity index (χ2v) is 5.45. The van der Waals surface area contributed by atoms with E-state index < -0.39 is 9.28 Å². The maximum absolute atomic E-state index is 5.34. The fourth-order valence-corrected chi connectivity index (χ4v) is 1.51. The first kappa shape index (κ1) is 7.42. The molecule has 1 aliphatic rings. The maximum atomic E-state index is 5.34. The number of epoxide rings is 1. The molecule has 3 nitrogen and oxygen atoms in total. The third-order valence-corrected chi connectivity index (χ3v) is 4.57. The topological polar surface area (TPSA) is 31.0 Å². The predicted molar refractivity (Wildman–Crippen MR) is 39.7 cm³/mol.